The lowest BCUT2D eigenvalue weighted by molar-refractivity contribution is -0.112. The third kappa shape index (κ3) is 6.29. The minimum absolute atomic E-state index is 0.0348. The lowest BCUT2D eigenvalue weighted by Gasteiger charge is -2.10. The third-order valence-corrected chi connectivity index (χ3v) is 5.76. The molecule has 3 aromatic carbocycles. The summed E-state index contributed by atoms with van der Waals surface area (Å²) in [6, 6.07) is 24.6. The van der Waals surface area contributed by atoms with Gasteiger partial charge in [0.05, 0.1) is 18.9 Å². The molecule has 1 aromatic heterocycles. The summed E-state index contributed by atoms with van der Waals surface area (Å²) in [5.41, 5.74) is 4.54. The second-order valence-corrected chi connectivity index (χ2v) is 8.62. The molecular formula is C31H30N4O3. The number of ether oxygens (including phenoxy) is 2. The molecule has 0 saturated carbocycles. The van der Waals surface area contributed by atoms with Gasteiger partial charge in [0.25, 0.3) is 5.91 Å². The predicted molar refractivity (Wildman–Crippen MR) is 149 cm³/mol. The van der Waals surface area contributed by atoms with E-state index in [9.17, 15) is 10.1 Å². The van der Waals surface area contributed by atoms with Gasteiger partial charge in [-0.3, -0.25) is 4.79 Å². The Labute approximate surface area is 223 Å². The molecule has 0 aliphatic heterocycles. The van der Waals surface area contributed by atoms with E-state index in [2.05, 4.69) is 12.2 Å². The van der Waals surface area contributed by atoms with Gasteiger partial charge in [-0.15, -0.1) is 0 Å². The number of nitrogens with one attached hydrogen (secondary N) is 1. The molecule has 0 bridgehead atoms. The Kier molecular flexibility index (Phi) is 8.57. The van der Waals surface area contributed by atoms with Crippen molar-refractivity contribution in [2.45, 2.75) is 27.2 Å². The molecule has 4 aromatic rings. The Morgan fingerprint density at radius 3 is 2.47 bits per heavy atom. The van der Waals surface area contributed by atoms with Crippen LogP contribution in [0.3, 0.4) is 0 Å². The highest BCUT2D eigenvalue weighted by Crippen LogP contribution is 2.30. The van der Waals surface area contributed by atoms with E-state index in [1.165, 1.54) is 0 Å². The number of nitrogens with zero attached hydrogens (tertiary/aromatic N) is 3. The van der Waals surface area contributed by atoms with Crippen molar-refractivity contribution < 1.29 is 14.3 Å². The SMILES string of the molecule is CCCOc1ccc(-c2nn(-c3ccccc3)cc2/C=C(\C#N)C(=O)Nc2ccc(OCC)cc2)cc1C. The van der Waals surface area contributed by atoms with Gasteiger partial charge in [-0.05, 0) is 86.5 Å². The zero-order valence-electron chi connectivity index (χ0n) is 21.8. The number of amides is 1. The standard InChI is InChI=1S/C31H30N4O3/c1-4-17-38-29-16-11-23(18-22(29)3)30-25(21-35(34-30)27-9-7-6-8-10-27)19-24(20-32)31(36)33-26-12-14-28(15-13-26)37-5-2/h6-16,18-19,21H,4-5,17H2,1-3H3,(H,33,36)/b24-19+. The van der Waals surface area contributed by atoms with Crippen molar-refractivity contribution in [1.82, 2.24) is 9.78 Å². The van der Waals surface area contributed by atoms with Gasteiger partial charge in [-0.1, -0.05) is 25.1 Å². The van der Waals surface area contributed by atoms with Crippen LogP contribution in [0.15, 0.2) is 84.6 Å². The topological polar surface area (TPSA) is 89.2 Å². The number of aryl methyl sites for hydroxylation is 1. The number of carbonyl (C=O) groups is 1. The van der Waals surface area contributed by atoms with Crippen molar-refractivity contribution in [2.75, 3.05) is 18.5 Å². The fraction of sp³-hybridized carbons (Fsp3) is 0.194. The van der Waals surface area contributed by atoms with Crippen LogP contribution < -0.4 is 14.8 Å². The molecular weight excluding hydrogens is 476 g/mol. The molecule has 0 radical (unpaired) electrons. The molecule has 1 amide bonds. The van der Waals surface area contributed by atoms with Crippen molar-refractivity contribution in [2.24, 2.45) is 0 Å². The van der Waals surface area contributed by atoms with Crippen LogP contribution in [0.1, 0.15) is 31.4 Å². The van der Waals surface area contributed by atoms with Gasteiger partial charge in [0.1, 0.15) is 28.8 Å². The monoisotopic (exact) mass is 506 g/mol. The second kappa shape index (κ2) is 12.4. The minimum atomic E-state index is -0.505. The van der Waals surface area contributed by atoms with E-state index in [1.54, 1.807) is 35.0 Å². The number of benzene rings is 3. The van der Waals surface area contributed by atoms with Gasteiger partial charge < -0.3 is 14.8 Å². The van der Waals surface area contributed by atoms with Crippen molar-refractivity contribution in [3.8, 4) is 34.5 Å². The summed E-state index contributed by atoms with van der Waals surface area (Å²) in [4.78, 5) is 13.0. The van der Waals surface area contributed by atoms with Crippen LogP contribution in [0.2, 0.25) is 0 Å². The number of hydrogen-bond donors (Lipinski definition) is 1. The van der Waals surface area contributed by atoms with Gasteiger partial charge in [0.2, 0.25) is 0 Å². The normalized spacial score (nSPS) is 11.1. The van der Waals surface area contributed by atoms with Crippen LogP contribution in [0.4, 0.5) is 5.69 Å². The summed E-state index contributed by atoms with van der Waals surface area (Å²) in [6.45, 7) is 7.16. The van der Waals surface area contributed by atoms with Gasteiger partial charge in [-0.2, -0.15) is 10.4 Å². The number of aromatic nitrogens is 2. The highest BCUT2D eigenvalue weighted by Gasteiger charge is 2.16. The van der Waals surface area contributed by atoms with Crippen LogP contribution in [-0.2, 0) is 4.79 Å². The Hall–Kier alpha value is -4.83. The predicted octanol–water partition coefficient (Wildman–Crippen LogP) is 6.58. The molecule has 0 saturated heterocycles. The van der Waals surface area contributed by atoms with E-state index in [-0.39, 0.29) is 5.57 Å². The lowest BCUT2D eigenvalue weighted by atomic mass is 10.0. The molecule has 1 heterocycles. The Balaban J connectivity index is 1.69. The average molecular weight is 507 g/mol. The van der Waals surface area contributed by atoms with Crippen LogP contribution in [0, 0.1) is 18.3 Å². The first-order chi connectivity index (χ1) is 18.5. The first-order valence-electron chi connectivity index (χ1n) is 12.6. The summed E-state index contributed by atoms with van der Waals surface area (Å²) in [5, 5.41) is 17.5. The molecule has 0 spiro atoms. The molecule has 0 fully saturated rings. The molecule has 7 heteroatoms. The Bertz CT molecular complexity index is 1470. The molecule has 1 N–H and O–H groups in total. The number of anilines is 1. The molecule has 0 aliphatic carbocycles. The first-order valence-corrected chi connectivity index (χ1v) is 12.6. The summed E-state index contributed by atoms with van der Waals surface area (Å²) in [5.74, 6) is 1.03. The maximum absolute atomic E-state index is 13.0. The number of para-hydroxylation sites is 1. The van der Waals surface area contributed by atoms with Gasteiger partial charge in [0.15, 0.2) is 0 Å². The number of carbonyl (C=O) groups excluding carboxylic acids is 1. The Morgan fingerprint density at radius 2 is 1.82 bits per heavy atom. The van der Waals surface area contributed by atoms with E-state index < -0.39 is 5.91 Å². The number of rotatable bonds is 10. The van der Waals surface area contributed by atoms with Crippen molar-refractivity contribution in [1.29, 1.82) is 5.26 Å². The summed E-state index contributed by atoms with van der Waals surface area (Å²) >= 11 is 0. The van der Waals surface area contributed by atoms with Crippen LogP contribution in [0.5, 0.6) is 11.5 Å². The molecule has 38 heavy (non-hydrogen) atoms. The smallest absolute Gasteiger partial charge is 0.266 e. The second-order valence-electron chi connectivity index (χ2n) is 8.62. The van der Waals surface area contributed by atoms with Crippen LogP contribution >= 0.6 is 0 Å². The molecule has 192 valence electrons. The number of nitriles is 1. The van der Waals surface area contributed by atoms with Crippen molar-refractivity contribution >= 4 is 17.7 Å². The largest absolute Gasteiger partial charge is 0.494 e. The molecule has 0 aliphatic rings. The van der Waals surface area contributed by atoms with Crippen LogP contribution in [0.25, 0.3) is 23.0 Å². The molecule has 4 rings (SSSR count). The van der Waals surface area contributed by atoms with E-state index in [0.29, 0.717) is 35.9 Å². The zero-order valence-corrected chi connectivity index (χ0v) is 21.8. The quantitative estimate of drug-likeness (QED) is 0.194. The molecule has 0 atom stereocenters. The maximum atomic E-state index is 13.0. The number of hydrogen-bond acceptors (Lipinski definition) is 5. The third-order valence-electron chi connectivity index (χ3n) is 5.76. The van der Waals surface area contributed by atoms with Gasteiger partial charge >= 0.3 is 0 Å². The lowest BCUT2D eigenvalue weighted by Crippen LogP contribution is -2.13. The van der Waals surface area contributed by atoms with E-state index >= 15 is 0 Å². The fourth-order valence-electron chi connectivity index (χ4n) is 3.90. The van der Waals surface area contributed by atoms with E-state index in [0.717, 1.165) is 29.0 Å². The Morgan fingerprint density at radius 1 is 1.05 bits per heavy atom. The molecule has 7 nitrogen and oxygen atoms in total. The highest BCUT2D eigenvalue weighted by atomic mass is 16.5. The summed E-state index contributed by atoms with van der Waals surface area (Å²) in [6.07, 6.45) is 4.32. The zero-order chi connectivity index (χ0) is 26.9. The van der Waals surface area contributed by atoms with E-state index in [1.807, 2.05) is 74.6 Å². The van der Waals surface area contributed by atoms with Crippen LogP contribution in [-0.4, -0.2) is 28.9 Å². The fourth-order valence-corrected chi connectivity index (χ4v) is 3.90. The van der Waals surface area contributed by atoms with E-state index in [4.69, 9.17) is 14.6 Å². The van der Waals surface area contributed by atoms with Gasteiger partial charge in [-0.25, -0.2) is 4.68 Å². The maximum Gasteiger partial charge on any atom is 0.266 e. The summed E-state index contributed by atoms with van der Waals surface area (Å²) in [7, 11) is 0. The van der Waals surface area contributed by atoms with Gasteiger partial charge in [0, 0.05) is 23.0 Å². The van der Waals surface area contributed by atoms with Crippen molar-refractivity contribution in [3.63, 3.8) is 0 Å². The first kappa shape index (κ1) is 26.2. The minimum Gasteiger partial charge on any atom is -0.494 e. The summed E-state index contributed by atoms with van der Waals surface area (Å²) < 4.78 is 13.0. The highest BCUT2D eigenvalue weighted by molar-refractivity contribution is 6.10. The van der Waals surface area contributed by atoms with Crippen molar-refractivity contribution in [3.05, 3.63) is 95.7 Å². The molecule has 0 unspecified atom stereocenters. The average Bonchev–Trinajstić information content (AvgIpc) is 3.36.